The van der Waals surface area contributed by atoms with E-state index < -0.39 is 13.9 Å². The lowest BCUT2D eigenvalue weighted by Gasteiger charge is -2.20. The molecule has 0 amide bonds. The van der Waals surface area contributed by atoms with Gasteiger partial charge in [-0.2, -0.15) is 0 Å². The minimum atomic E-state index is -4.28. The van der Waals surface area contributed by atoms with E-state index in [0.29, 0.717) is 13.0 Å². The summed E-state index contributed by atoms with van der Waals surface area (Å²) in [7, 11) is -4.28. The summed E-state index contributed by atoms with van der Waals surface area (Å²) in [6, 6.07) is 0. The standard InChI is InChI=1S/C52H104NO7P/c1-3-5-7-9-11-13-15-17-19-21-23-24-25-26-27-29-31-33-35-37-39-41-43-45-52(54)60-51(50-59-61(55,56)58-48-46-53)49-57-47-44-42-40-38-36-34-32-30-28-22-20-18-16-14-12-10-8-6-4-2/h21,23,51H,3-20,22,24-50,53H2,1-2H3,(H,55,56)/b23-21-. The lowest BCUT2D eigenvalue weighted by atomic mass is 10.0. The molecule has 61 heavy (non-hydrogen) atoms. The second-order valence-electron chi connectivity index (χ2n) is 18.1. The van der Waals surface area contributed by atoms with Gasteiger partial charge in [-0.3, -0.25) is 13.8 Å². The number of ether oxygens (including phenoxy) is 2. The molecule has 0 aromatic rings. The first kappa shape index (κ1) is 60.2. The molecule has 0 aromatic carbocycles. The Morgan fingerprint density at radius 2 is 0.820 bits per heavy atom. The summed E-state index contributed by atoms with van der Waals surface area (Å²) in [6.45, 7) is 5.00. The molecule has 2 atom stereocenters. The van der Waals surface area contributed by atoms with Crippen molar-refractivity contribution in [1.82, 2.24) is 0 Å². The third-order valence-electron chi connectivity index (χ3n) is 11.9. The summed E-state index contributed by atoms with van der Waals surface area (Å²) in [4.78, 5) is 22.6. The highest BCUT2D eigenvalue weighted by Gasteiger charge is 2.25. The Morgan fingerprint density at radius 3 is 1.20 bits per heavy atom. The normalized spacial score (nSPS) is 13.3. The van der Waals surface area contributed by atoms with Gasteiger partial charge in [-0.1, -0.05) is 244 Å². The van der Waals surface area contributed by atoms with Crippen LogP contribution in [-0.2, 0) is 27.9 Å². The number of hydrogen-bond donors (Lipinski definition) is 2. The van der Waals surface area contributed by atoms with Crippen molar-refractivity contribution in [3.63, 3.8) is 0 Å². The molecule has 0 heterocycles. The molecule has 0 spiro atoms. The summed E-state index contributed by atoms with van der Waals surface area (Å²) in [5, 5.41) is 0. The van der Waals surface area contributed by atoms with Crippen molar-refractivity contribution < 1.29 is 32.8 Å². The summed E-state index contributed by atoms with van der Waals surface area (Å²) in [5.41, 5.74) is 5.39. The summed E-state index contributed by atoms with van der Waals surface area (Å²) in [6.07, 6.45) is 56.8. The van der Waals surface area contributed by atoms with Gasteiger partial charge in [-0.25, -0.2) is 4.57 Å². The van der Waals surface area contributed by atoms with E-state index in [0.717, 1.165) is 32.1 Å². The van der Waals surface area contributed by atoms with Crippen molar-refractivity contribution in [3.05, 3.63) is 12.2 Å². The lowest BCUT2D eigenvalue weighted by Crippen LogP contribution is -2.28. The fourth-order valence-corrected chi connectivity index (χ4v) is 8.76. The molecule has 0 fully saturated rings. The van der Waals surface area contributed by atoms with Gasteiger partial charge in [0.15, 0.2) is 0 Å². The molecule has 8 nitrogen and oxygen atoms in total. The quantitative estimate of drug-likeness (QED) is 0.0268. The topological polar surface area (TPSA) is 117 Å². The molecular weight excluding hydrogens is 782 g/mol. The zero-order valence-electron chi connectivity index (χ0n) is 40.7. The Balaban J connectivity index is 3.88. The number of phosphoric acid groups is 1. The van der Waals surface area contributed by atoms with Gasteiger partial charge < -0.3 is 20.1 Å². The minimum Gasteiger partial charge on any atom is -0.457 e. The van der Waals surface area contributed by atoms with E-state index >= 15 is 0 Å². The molecule has 364 valence electrons. The van der Waals surface area contributed by atoms with Gasteiger partial charge in [0.25, 0.3) is 0 Å². The van der Waals surface area contributed by atoms with Crippen LogP contribution in [0.15, 0.2) is 12.2 Å². The molecular formula is C52H104NO7P. The Labute approximate surface area is 379 Å². The van der Waals surface area contributed by atoms with Crippen molar-refractivity contribution in [2.75, 3.05) is 33.0 Å². The van der Waals surface area contributed by atoms with Crippen LogP contribution >= 0.6 is 7.82 Å². The zero-order chi connectivity index (χ0) is 44.4. The molecule has 0 aliphatic heterocycles. The highest BCUT2D eigenvalue weighted by atomic mass is 31.2. The first-order chi connectivity index (χ1) is 29.9. The lowest BCUT2D eigenvalue weighted by molar-refractivity contribution is -0.154. The number of esters is 1. The van der Waals surface area contributed by atoms with Gasteiger partial charge in [0, 0.05) is 19.6 Å². The van der Waals surface area contributed by atoms with Crippen molar-refractivity contribution in [2.45, 2.75) is 283 Å². The van der Waals surface area contributed by atoms with Crippen LogP contribution in [0.5, 0.6) is 0 Å². The van der Waals surface area contributed by atoms with Gasteiger partial charge in [-0.15, -0.1) is 0 Å². The van der Waals surface area contributed by atoms with Gasteiger partial charge in [0.2, 0.25) is 0 Å². The van der Waals surface area contributed by atoms with Crippen LogP contribution in [-0.4, -0.2) is 49.9 Å². The minimum absolute atomic E-state index is 0.0916. The van der Waals surface area contributed by atoms with E-state index in [1.807, 2.05) is 0 Å². The highest BCUT2D eigenvalue weighted by molar-refractivity contribution is 7.47. The molecule has 0 radical (unpaired) electrons. The van der Waals surface area contributed by atoms with E-state index in [9.17, 15) is 14.3 Å². The van der Waals surface area contributed by atoms with E-state index in [4.69, 9.17) is 24.3 Å². The summed E-state index contributed by atoms with van der Waals surface area (Å²) >= 11 is 0. The Hall–Kier alpha value is -0.760. The van der Waals surface area contributed by atoms with Crippen LogP contribution in [0.2, 0.25) is 0 Å². The first-order valence-corrected chi connectivity index (χ1v) is 28.2. The highest BCUT2D eigenvalue weighted by Crippen LogP contribution is 2.43. The van der Waals surface area contributed by atoms with Gasteiger partial charge in [0.1, 0.15) is 6.10 Å². The maximum Gasteiger partial charge on any atom is 0.472 e. The number of phosphoric ester groups is 1. The molecule has 0 aliphatic carbocycles. The monoisotopic (exact) mass is 886 g/mol. The predicted octanol–water partition coefficient (Wildman–Crippen LogP) is 16.6. The number of allylic oxidation sites excluding steroid dienone is 2. The van der Waals surface area contributed by atoms with Crippen LogP contribution in [0.25, 0.3) is 0 Å². The fourth-order valence-electron chi connectivity index (χ4n) is 8.00. The van der Waals surface area contributed by atoms with Crippen molar-refractivity contribution in [1.29, 1.82) is 0 Å². The SMILES string of the molecule is CCCCCCCCCC/C=C\CCCCCCCCCCCCCC(=O)OC(COCCCCCCCCCCCCCCCCCCCCC)COP(=O)(O)OCCN. The van der Waals surface area contributed by atoms with Crippen molar-refractivity contribution in [2.24, 2.45) is 5.73 Å². The fraction of sp³-hybridized carbons (Fsp3) is 0.942. The predicted molar refractivity (Wildman–Crippen MR) is 261 cm³/mol. The Bertz CT molecular complexity index is 951. The number of hydrogen-bond acceptors (Lipinski definition) is 7. The Kier molecular flexibility index (Phi) is 49.6. The number of carbonyl (C=O) groups is 1. The average molecular weight is 886 g/mol. The van der Waals surface area contributed by atoms with Crippen LogP contribution < -0.4 is 5.73 Å². The third-order valence-corrected chi connectivity index (χ3v) is 12.9. The van der Waals surface area contributed by atoms with Crippen LogP contribution in [0, 0.1) is 0 Å². The average Bonchev–Trinajstić information content (AvgIpc) is 3.25. The maximum absolute atomic E-state index is 12.7. The number of rotatable bonds is 52. The molecule has 9 heteroatoms. The first-order valence-electron chi connectivity index (χ1n) is 26.7. The molecule has 2 unspecified atom stereocenters. The zero-order valence-corrected chi connectivity index (χ0v) is 41.6. The third kappa shape index (κ3) is 50.1. The van der Waals surface area contributed by atoms with Gasteiger partial charge >= 0.3 is 13.8 Å². The molecule has 0 rings (SSSR count). The van der Waals surface area contributed by atoms with Crippen LogP contribution in [0.1, 0.15) is 277 Å². The summed E-state index contributed by atoms with van der Waals surface area (Å²) in [5.74, 6) is -0.324. The second kappa shape index (κ2) is 50.2. The van der Waals surface area contributed by atoms with Gasteiger partial charge in [0.05, 0.1) is 19.8 Å². The van der Waals surface area contributed by atoms with E-state index in [1.165, 1.54) is 225 Å². The molecule has 0 bridgehead atoms. The van der Waals surface area contributed by atoms with Gasteiger partial charge in [-0.05, 0) is 38.5 Å². The number of carbonyl (C=O) groups excluding carboxylic acids is 1. The van der Waals surface area contributed by atoms with E-state index in [2.05, 4.69) is 26.0 Å². The molecule has 0 saturated heterocycles. The van der Waals surface area contributed by atoms with E-state index in [-0.39, 0.29) is 32.3 Å². The molecule has 3 N–H and O–H groups in total. The number of unbranched alkanes of at least 4 members (excludes halogenated alkanes) is 37. The van der Waals surface area contributed by atoms with Crippen molar-refractivity contribution >= 4 is 13.8 Å². The summed E-state index contributed by atoms with van der Waals surface area (Å²) < 4.78 is 33.6. The second-order valence-corrected chi connectivity index (χ2v) is 19.6. The molecule has 0 aromatic heterocycles. The van der Waals surface area contributed by atoms with Crippen molar-refractivity contribution in [3.8, 4) is 0 Å². The smallest absolute Gasteiger partial charge is 0.457 e. The Morgan fingerprint density at radius 1 is 0.475 bits per heavy atom. The molecule has 0 saturated carbocycles. The van der Waals surface area contributed by atoms with Crippen LogP contribution in [0.4, 0.5) is 0 Å². The maximum atomic E-state index is 12.7. The largest absolute Gasteiger partial charge is 0.472 e. The van der Waals surface area contributed by atoms with Crippen LogP contribution in [0.3, 0.4) is 0 Å². The van der Waals surface area contributed by atoms with E-state index in [1.54, 1.807) is 0 Å². The molecule has 0 aliphatic rings. The number of nitrogens with two attached hydrogens (primary N) is 1.